The number of unbranched alkanes of at least 4 members (excludes halogenated alkanes) is 6. The maximum absolute atomic E-state index is 6.83. The Kier molecular flexibility index (Phi) is 18.4. The maximum atomic E-state index is 6.83. The smallest absolute Gasteiger partial charge is 0.0864 e. The number of benzene rings is 2. The van der Waals surface area contributed by atoms with Gasteiger partial charge in [-0.2, -0.15) is 0 Å². The third-order valence-corrected chi connectivity index (χ3v) is 9.80. The first-order chi connectivity index (χ1) is 23.8. The fourth-order valence-electron chi connectivity index (χ4n) is 6.55. The lowest BCUT2D eigenvalue weighted by Gasteiger charge is -2.16. The fourth-order valence-corrected chi connectivity index (χ4v) is 6.76. The molecule has 0 amide bonds. The molecular weight excluding hydrogens is 618 g/mol. The second kappa shape index (κ2) is 22.1. The summed E-state index contributed by atoms with van der Waals surface area (Å²) in [4.78, 5) is 15.9. The zero-order chi connectivity index (χ0) is 35.6. The van der Waals surface area contributed by atoms with E-state index in [0.717, 1.165) is 72.7 Å². The van der Waals surface area contributed by atoms with E-state index in [9.17, 15) is 0 Å². The topological polar surface area (TPSA) is 37.6 Å². The van der Waals surface area contributed by atoms with Crippen molar-refractivity contribution in [2.45, 2.75) is 171 Å². The molecule has 1 aromatic heterocycles. The summed E-state index contributed by atoms with van der Waals surface area (Å²) in [6, 6.07) is 13.7. The number of halogens is 1. The highest BCUT2D eigenvalue weighted by molar-refractivity contribution is 6.31. The molecule has 268 valence electrons. The average molecular weight is 684 g/mol. The van der Waals surface area contributed by atoms with E-state index in [2.05, 4.69) is 79.7 Å². The number of pyridine rings is 1. The van der Waals surface area contributed by atoms with Crippen LogP contribution in [0.1, 0.15) is 177 Å². The van der Waals surface area contributed by atoms with E-state index >= 15 is 0 Å². The molecule has 0 aliphatic carbocycles. The molecule has 0 N–H and O–H groups in total. The monoisotopic (exact) mass is 683 g/mol. The Morgan fingerprint density at radius 1 is 0.469 bits per heavy atom. The quantitative estimate of drug-likeness (QED) is 0.0971. The Bertz CT molecular complexity index is 1350. The predicted octanol–water partition coefficient (Wildman–Crippen LogP) is 14.1. The Morgan fingerprint density at radius 2 is 0.755 bits per heavy atom. The number of aliphatic imine (C=N–C) groups is 2. The van der Waals surface area contributed by atoms with Crippen LogP contribution in [-0.2, 0) is 38.5 Å². The van der Waals surface area contributed by atoms with Gasteiger partial charge in [-0.25, -0.2) is 4.98 Å². The van der Waals surface area contributed by atoms with E-state index in [1.54, 1.807) is 0 Å². The van der Waals surface area contributed by atoms with E-state index in [1.807, 2.05) is 12.1 Å². The van der Waals surface area contributed by atoms with E-state index < -0.39 is 0 Å². The zero-order valence-corrected chi connectivity index (χ0v) is 33.2. The first kappa shape index (κ1) is 40.6. The SMILES string of the molecule is CCCCc1cc(CCCC)c(N=C(C)c2cc(Cl)cc(C(C)=Nc3c(CCCC)cc(CCCC)cc3CCCC)n2)c(CCCC)c1. The van der Waals surface area contributed by atoms with Crippen molar-refractivity contribution >= 4 is 34.4 Å². The van der Waals surface area contributed by atoms with Gasteiger partial charge in [-0.05, 0) is 136 Å². The summed E-state index contributed by atoms with van der Waals surface area (Å²) >= 11 is 6.83. The summed E-state index contributed by atoms with van der Waals surface area (Å²) in [6.45, 7) is 17.8. The van der Waals surface area contributed by atoms with Crippen molar-refractivity contribution in [3.63, 3.8) is 0 Å². The zero-order valence-electron chi connectivity index (χ0n) is 32.4. The van der Waals surface area contributed by atoms with Crippen LogP contribution in [-0.4, -0.2) is 16.4 Å². The molecule has 0 saturated heterocycles. The minimum absolute atomic E-state index is 0.670. The molecule has 0 radical (unpaired) electrons. The number of rotatable bonds is 22. The summed E-state index contributed by atoms with van der Waals surface area (Å²) in [5.41, 5.74) is 14.2. The Labute approximate surface area is 305 Å². The number of aromatic nitrogens is 1. The molecule has 0 spiro atoms. The van der Waals surface area contributed by atoms with Gasteiger partial charge in [0.1, 0.15) is 0 Å². The second-order valence-corrected chi connectivity index (χ2v) is 14.5. The van der Waals surface area contributed by atoms with Crippen molar-refractivity contribution in [1.29, 1.82) is 0 Å². The van der Waals surface area contributed by atoms with Gasteiger partial charge in [0.25, 0.3) is 0 Å². The Balaban J connectivity index is 2.13. The molecule has 0 saturated carbocycles. The van der Waals surface area contributed by atoms with Crippen molar-refractivity contribution < 1.29 is 0 Å². The lowest BCUT2D eigenvalue weighted by Crippen LogP contribution is -2.07. The summed E-state index contributed by atoms with van der Waals surface area (Å²) in [6.07, 6.45) is 20.7. The molecule has 49 heavy (non-hydrogen) atoms. The molecule has 0 bridgehead atoms. The molecule has 0 fully saturated rings. The predicted molar refractivity (Wildman–Crippen MR) is 218 cm³/mol. The van der Waals surface area contributed by atoms with Crippen molar-refractivity contribution in [1.82, 2.24) is 4.98 Å². The average Bonchev–Trinajstić information content (AvgIpc) is 3.10. The minimum atomic E-state index is 0.670. The van der Waals surface area contributed by atoms with Gasteiger partial charge < -0.3 is 0 Å². The number of hydrogen-bond donors (Lipinski definition) is 0. The van der Waals surface area contributed by atoms with Gasteiger partial charge in [0.2, 0.25) is 0 Å². The molecule has 0 atom stereocenters. The third kappa shape index (κ3) is 12.8. The number of nitrogens with zero attached hydrogens (tertiary/aromatic N) is 3. The molecule has 4 heteroatoms. The highest BCUT2D eigenvalue weighted by atomic mass is 35.5. The standard InChI is InChI=1S/C45H66ClN3/c1-9-15-21-35-27-37(23-17-11-3)44(38(28-35)24-18-12-4)47-33(7)42-31-41(46)32-43(49-42)34(8)48-45-39(25-19-13-5)29-36(22-16-10-2)30-40(45)26-20-14-6/h27-32H,9-26H2,1-8H3. The van der Waals surface area contributed by atoms with Crippen LogP contribution in [0.3, 0.4) is 0 Å². The third-order valence-electron chi connectivity index (χ3n) is 9.58. The number of aryl methyl sites for hydroxylation is 6. The lowest BCUT2D eigenvalue weighted by molar-refractivity contribution is 0.766. The van der Waals surface area contributed by atoms with Gasteiger partial charge in [0.15, 0.2) is 0 Å². The second-order valence-electron chi connectivity index (χ2n) is 14.1. The molecule has 3 rings (SSSR count). The first-order valence-electron chi connectivity index (χ1n) is 19.9. The summed E-state index contributed by atoms with van der Waals surface area (Å²) in [5.74, 6) is 0. The van der Waals surface area contributed by atoms with Gasteiger partial charge >= 0.3 is 0 Å². The van der Waals surface area contributed by atoms with Crippen molar-refractivity contribution in [3.05, 3.63) is 86.2 Å². The van der Waals surface area contributed by atoms with Crippen LogP contribution in [0, 0.1) is 0 Å². The van der Waals surface area contributed by atoms with Crippen molar-refractivity contribution in [2.24, 2.45) is 9.98 Å². The summed E-state index contributed by atoms with van der Waals surface area (Å²) in [7, 11) is 0. The van der Waals surface area contributed by atoms with Gasteiger partial charge in [-0.3, -0.25) is 9.98 Å². The normalized spacial score (nSPS) is 12.3. The van der Waals surface area contributed by atoms with E-state index in [1.165, 1.54) is 110 Å². The lowest BCUT2D eigenvalue weighted by atomic mass is 9.94. The Morgan fingerprint density at radius 3 is 1.04 bits per heavy atom. The highest BCUT2D eigenvalue weighted by Gasteiger charge is 2.16. The van der Waals surface area contributed by atoms with E-state index in [-0.39, 0.29) is 0 Å². The summed E-state index contributed by atoms with van der Waals surface area (Å²) < 4.78 is 0. The molecule has 3 nitrogen and oxygen atoms in total. The minimum Gasteiger partial charge on any atom is -0.251 e. The molecule has 3 aromatic rings. The largest absolute Gasteiger partial charge is 0.251 e. The highest BCUT2D eigenvalue weighted by Crippen LogP contribution is 2.33. The van der Waals surface area contributed by atoms with Gasteiger partial charge in [-0.15, -0.1) is 0 Å². The van der Waals surface area contributed by atoms with Crippen LogP contribution in [0.2, 0.25) is 5.02 Å². The maximum Gasteiger partial charge on any atom is 0.0864 e. The van der Waals surface area contributed by atoms with E-state index in [0.29, 0.717) is 5.02 Å². The Hall–Kier alpha value is -2.78. The van der Waals surface area contributed by atoms with Gasteiger partial charge in [0, 0.05) is 5.02 Å². The first-order valence-corrected chi connectivity index (χ1v) is 20.2. The van der Waals surface area contributed by atoms with Crippen LogP contribution in [0.15, 0.2) is 46.4 Å². The molecule has 0 aliphatic rings. The van der Waals surface area contributed by atoms with E-state index in [4.69, 9.17) is 26.6 Å². The molecule has 0 aliphatic heterocycles. The van der Waals surface area contributed by atoms with Crippen LogP contribution in [0.25, 0.3) is 0 Å². The van der Waals surface area contributed by atoms with Crippen molar-refractivity contribution in [2.75, 3.05) is 0 Å². The molecular formula is C45H66ClN3. The fraction of sp³-hybridized carbons (Fsp3) is 0.578. The van der Waals surface area contributed by atoms with Crippen LogP contribution < -0.4 is 0 Å². The van der Waals surface area contributed by atoms with Gasteiger partial charge in [-0.1, -0.05) is 116 Å². The summed E-state index contributed by atoms with van der Waals surface area (Å²) in [5, 5.41) is 0.670. The number of hydrogen-bond acceptors (Lipinski definition) is 3. The molecule has 0 unspecified atom stereocenters. The molecule has 2 aromatic carbocycles. The van der Waals surface area contributed by atoms with Gasteiger partial charge in [0.05, 0.1) is 34.2 Å². The molecule has 1 heterocycles. The van der Waals surface area contributed by atoms with Crippen LogP contribution in [0.4, 0.5) is 11.4 Å². The van der Waals surface area contributed by atoms with Crippen LogP contribution in [0.5, 0.6) is 0 Å². The van der Waals surface area contributed by atoms with Crippen LogP contribution >= 0.6 is 11.6 Å². The van der Waals surface area contributed by atoms with Crippen molar-refractivity contribution in [3.8, 4) is 0 Å².